The number of benzene rings is 1. The number of hydrogen-bond donors (Lipinski definition) is 1. The molecule has 0 heterocycles. The Balaban J connectivity index is 2.31. The number of nitrogens with zero attached hydrogens (tertiary/aromatic N) is 1. The van der Waals surface area contributed by atoms with Crippen molar-refractivity contribution in [3.63, 3.8) is 0 Å². The van der Waals surface area contributed by atoms with Gasteiger partial charge in [-0.2, -0.15) is 4.31 Å². The average Bonchev–Trinajstić information content (AvgIpc) is 2.88. The van der Waals surface area contributed by atoms with Gasteiger partial charge in [0, 0.05) is 13.1 Å². The zero-order valence-electron chi connectivity index (χ0n) is 11.2. The molecular weight excluding hydrogens is 286 g/mol. The van der Waals surface area contributed by atoms with Crippen molar-refractivity contribution in [2.45, 2.75) is 30.2 Å². The van der Waals surface area contributed by atoms with Gasteiger partial charge in [0.2, 0.25) is 10.0 Å². The summed E-state index contributed by atoms with van der Waals surface area (Å²) in [4.78, 5) is -0.235. The molecule has 1 aromatic carbocycles. The number of sulfonamides is 1. The monoisotopic (exact) mass is 304 g/mol. The van der Waals surface area contributed by atoms with E-state index < -0.39 is 21.7 Å². The maximum Gasteiger partial charge on any atom is 0.243 e. The average molecular weight is 304 g/mol. The molecule has 2 rings (SSSR count). The quantitative estimate of drug-likeness (QED) is 0.921. The van der Waals surface area contributed by atoms with E-state index in [0.717, 1.165) is 31.4 Å². The molecular formula is C13H18F2N2O2S. The van der Waals surface area contributed by atoms with Gasteiger partial charge in [-0.15, -0.1) is 0 Å². The second kappa shape index (κ2) is 5.75. The Kier molecular flexibility index (Phi) is 4.41. The Morgan fingerprint density at radius 1 is 1.30 bits per heavy atom. The van der Waals surface area contributed by atoms with E-state index in [2.05, 4.69) is 0 Å². The van der Waals surface area contributed by atoms with Crippen molar-refractivity contribution in [2.24, 2.45) is 11.7 Å². The van der Waals surface area contributed by atoms with Crippen LogP contribution in [0.3, 0.4) is 0 Å². The molecule has 1 aliphatic rings. The van der Waals surface area contributed by atoms with Crippen molar-refractivity contribution in [1.82, 2.24) is 4.31 Å². The van der Waals surface area contributed by atoms with Gasteiger partial charge in [0.15, 0.2) is 11.6 Å². The predicted molar refractivity (Wildman–Crippen MR) is 71.5 cm³/mol. The summed E-state index contributed by atoms with van der Waals surface area (Å²) in [5.74, 6) is -2.12. The molecule has 20 heavy (non-hydrogen) atoms. The van der Waals surface area contributed by atoms with Crippen LogP contribution in [0.25, 0.3) is 0 Å². The van der Waals surface area contributed by atoms with Crippen LogP contribution in [0.2, 0.25) is 0 Å². The highest BCUT2D eigenvalue weighted by Crippen LogP contribution is 2.31. The number of rotatable bonds is 4. The summed E-state index contributed by atoms with van der Waals surface area (Å²) in [5.41, 5.74) is 5.66. The molecule has 0 saturated heterocycles. The molecule has 7 heteroatoms. The fourth-order valence-electron chi connectivity index (χ4n) is 2.75. The highest BCUT2D eigenvalue weighted by Gasteiger charge is 2.36. The summed E-state index contributed by atoms with van der Waals surface area (Å²) in [6, 6.07) is 2.44. The standard InChI is InChI=1S/C13H18F2N2O2S/c1-17(13-4-2-3-9(13)8-16)20(18,19)10-5-6-11(14)12(15)7-10/h5-7,9,13H,2-4,8,16H2,1H3. The first-order valence-corrected chi connectivity index (χ1v) is 7.95. The Bertz CT molecular complexity index is 592. The molecule has 1 aliphatic carbocycles. The molecule has 0 bridgehead atoms. The molecule has 4 nitrogen and oxygen atoms in total. The molecule has 0 radical (unpaired) electrons. The minimum atomic E-state index is -3.83. The summed E-state index contributed by atoms with van der Waals surface area (Å²) in [6.45, 7) is 0.419. The fraction of sp³-hybridized carbons (Fsp3) is 0.538. The van der Waals surface area contributed by atoms with Gasteiger partial charge < -0.3 is 5.73 Å². The third kappa shape index (κ3) is 2.70. The molecule has 1 aromatic rings. The predicted octanol–water partition coefficient (Wildman–Crippen LogP) is 1.71. The number of nitrogens with two attached hydrogens (primary N) is 1. The van der Waals surface area contributed by atoms with Crippen molar-refractivity contribution in [1.29, 1.82) is 0 Å². The van der Waals surface area contributed by atoms with Crippen molar-refractivity contribution < 1.29 is 17.2 Å². The minimum absolute atomic E-state index is 0.111. The van der Waals surface area contributed by atoms with Crippen LogP contribution in [0, 0.1) is 17.6 Å². The first-order valence-electron chi connectivity index (χ1n) is 6.51. The smallest absolute Gasteiger partial charge is 0.243 e. The fourth-order valence-corrected chi connectivity index (χ4v) is 4.21. The Morgan fingerprint density at radius 3 is 2.60 bits per heavy atom. The van der Waals surface area contributed by atoms with Crippen molar-refractivity contribution in [3.8, 4) is 0 Å². The van der Waals surface area contributed by atoms with E-state index in [0.29, 0.717) is 12.6 Å². The topological polar surface area (TPSA) is 63.4 Å². The lowest BCUT2D eigenvalue weighted by atomic mass is 10.0. The van der Waals surface area contributed by atoms with Crippen LogP contribution in [-0.2, 0) is 10.0 Å². The Hall–Kier alpha value is -1.05. The highest BCUT2D eigenvalue weighted by atomic mass is 32.2. The van der Waals surface area contributed by atoms with Crippen LogP contribution in [0.4, 0.5) is 8.78 Å². The van der Waals surface area contributed by atoms with E-state index in [-0.39, 0.29) is 16.9 Å². The lowest BCUT2D eigenvalue weighted by Gasteiger charge is -2.28. The van der Waals surface area contributed by atoms with Gasteiger partial charge in [-0.1, -0.05) is 6.42 Å². The van der Waals surface area contributed by atoms with E-state index in [9.17, 15) is 17.2 Å². The minimum Gasteiger partial charge on any atom is -0.330 e. The van der Waals surface area contributed by atoms with E-state index >= 15 is 0 Å². The first-order chi connectivity index (χ1) is 9.37. The third-order valence-electron chi connectivity index (χ3n) is 3.96. The van der Waals surface area contributed by atoms with Crippen molar-refractivity contribution in [2.75, 3.05) is 13.6 Å². The van der Waals surface area contributed by atoms with Crippen LogP contribution in [0.1, 0.15) is 19.3 Å². The second-order valence-electron chi connectivity index (χ2n) is 5.09. The normalized spacial score (nSPS) is 23.4. The van der Waals surface area contributed by atoms with Gasteiger partial charge in [0.05, 0.1) is 4.90 Å². The van der Waals surface area contributed by atoms with Crippen LogP contribution < -0.4 is 5.73 Å². The zero-order valence-corrected chi connectivity index (χ0v) is 12.0. The molecule has 2 N–H and O–H groups in total. The molecule has 0 aliphatic heterocycles. The summed E-state index contributed by atoms with van der Waals surface area (Å²) in [7, 11) is -2.37. The maximum atomic E-state index is 13.2. The molecule has 0 spiro atoms. The molecule has 0 amide bonds. The zero-order chi connectivity index (χ0) is 14.9. The lowest BCUT2D eigenvalue weighted by Crippen LogP contribution is -2.41. The van der Waals surface area contributed by atoms with E-state index in [1.807, 2.05) is 0 Å². The van der Waals surface area contributed by atoms with Crippen LogP contribution >= 0.6 is 0 Å². The third-order valence-corrected chi connectivity index (χ3v) is 5.84. The summed E-state index contributed by atoms with van der Waals surface area (Å²) in [5, 5.41) is 0. The Labute approximate surface area is 117 Å². The summed E-state index contributed by atoms with van der Waals surface area (Å²) < 4.78 is 52.2. The van der Waals surface area contributed by atoms with Crippen molar-refractivity contribution in [3.05, 3.63) is 29.8 Å². The van der Waals surface area contributed by atoms with Gasteiger partial charge in [-0.25, -0.2) is 17.2 Å². The number of halogens is 2. The molecule has 2 unspecified atom stereocenters. The van der Waals surface area contributed by atoms with Crippen molar-refractivity contribution >= 4 is 10.0 Å². The lowest BCUT2D eigenvalue weighted by molar-refractivity contribution is 0.304. The molecule has 0 aromatic heterocycles. The second-order valence-corrected chi connectivity index (χ2v) is 7.09. The van der Waals surface area contributed by atoms with Gasteiger partial charge in [-0.3, -0.25) is 0 Å². The SMILES string of the molecule is CN(C1CCCC1CN)S(=O)(=O)c1ccc(F)c(F)c1. The van der Waals surface area contributed by atoms with Gasteiger partial charge in [0.25, 0.3) is 0 Å². The van der Waals surface area contributed by atoms with Crippen LogP contribution in [0.15, 0.2) is 23.1 Å². The van der Waals surface area contributed by atoms with E-state index in [1.165, 1.54) is 11.4 Å². The van der Waals surface area contributed by atoms with E-state index in [1.54, 1.807) is 0 Å². The summed E-state index contributed by atoms with van der Waals surface area (Å²) >= 11 is 0. The Morgan fingerprint density at radius 2 is 2.00 bits per heavy atom. The van der Waals surface area contributed by atoms with Gasteiger partial charge in [-0.05, 0) is 43.5 Å². The molecule has 1 fully saturated rings. The van der Waals surface area contributed by atoms with Gasteiger partial charge in [0.1, 0.15) is 0 Å². The van der Waals surface area contributed by atoms with Crippen LogP contribution in [0.5, 0.6) is 0 Å². The molecule has 2 atom stereocenters. The highest BCUT2D eigenvalue weighted by molar-refractivity contribution is 7.89. The summed E-state index contributed by atoms with van der Waals surface area (Å²) in [6.07, 6.45) is 2.55. The first kappa shape index (κ1) is 15.3. The van der Waals surface area contributed by atoms with E-state index in [4.69, 9.17) is 5.73 Å². The largest absolute Gasteiger partial charge is 0.330 e. The number of hydrogen-bond acceptors (Lipinski definition) is 3. The molecule has 112 valence electrons. The molecule has 1 saturated carbocycles. The maximum absolute atomic E-state index is 13.2. The van der Waals surface area contributed by atoms with Crippen LogP contribution in [-0.4, -0.2) is 32.4 Å². The van der Waals surface area contributed by atoms with Gasteiger partial charge >= 0.3 is 0 Å².